The summed E-state index contributed by atoms with van der Waals surface area (Å²) in [5.74, 6) is 0.275. The van der Waals surface area contributed by atoms with Crippen LogP contribution in [0.4, 0.5) is 5.82 Å². The molecule has 1 fully saturated rings. The highest BCUT2D eigenvalue weighted by atomic mass is 32.1. The van der Waals surface area contributed by atoms with Crippen molar-refractivity contribution in [3.63, 3.8) is 0 Å². The van der Waals surface area contributed by atoms with E-state index < -0.39 is 5.91 Å². The lowest BCUT2D eigenvalue weighted by Gasteiger charge is -2.16. The third kappa shape index (κ3) is 5.12. The van der Waals surface area contributed by atoms with Crippen LogP contribution in [0.15, 0.2) is 36.5 Å². The Labute approximate surface area is 151 Å². The Morgan fingerprint density at radius 2 is 2.32 bits per heavy atom. The highest BCUT2D eigenvalue weighted by Crippen LogP contribution is 2.21. The molecule has 1 saturated heterocycles. The van der Waals surface area contributed by atoms with E-state index in [4.69, 9.17) is 5.21 Å². The van der Waals surface area contributed by atoms with Crippen LogP contribution in [0.1, 0.15) is 21.7 Å². The van der Waals surface area contributed by atoms with Crippen molar-refractivity contribution in [1.29, 1.82) is 0 Å². The Balaban J connectivity index is 1.49. The minimum absolute atomic E-state index is 0.398. The Morgan fingerprint density at radius 3 is 3.00 bits per heavy atom. The summed E-state index contributed by atoms with van der Waals surface area (Å²) in [4.78, 5) is 20.6. The Morgan fingerprint density at radius 1 is 1.44 bits per heavy atom. The van der Waals surface area contributed by atoms with Crippen molar-refractivity contribution in [1.82, 2.24) is 15.4 Å². The molecule has 1 aliphatic rings. The molecule has 3 N–H and O–H groups in total. The van der Waals surface area contributed by atoms with Gasteiger partial charge in [0, 0.05) is 47.7 Å². The largest absolute Gasteiger partial charge is 0.366 e. The lowest BCUT2D eigenvalue weighted by Crippen LogP contribution is -2.26. The average Bonchev–Trinajstić information content (AvgIpc) is 3.23. The molecule has 0 aromatic carbocycles. The van der Waals surface area contributed by atoms with Crippen molar-refractivity contribution >= 4 is 29.1 Å². The van der Waals surface area contributed by atoms with Gasteiger partial charge in [-0.3, -0.25) is 14.9 Å². The first-order chi connectivity index (χ1) is 12.1. The molecule has 3 rings (SSSR count). The maximum absolute atomic E-state index is 11.0. The van der Waals surface area contributed by atoms with Gasteiger partial charge in [0.05, 0.1) is 0 Å². The van der Waals surface area contributed by atoms with Crippen LogP contribution in [-0.2, 0) is 11.3 Å². The van der Waals surface area contributed by atoms with Gasteiger partial charge in [0.15, 0.2) is 0 Å². The number of hydrogen-bond donors (Lipinski definition) is 3. The van der Waals surface area contributed by atoms with E-state index >= 15 is 0 Å². The van der Waals surface area contributed by atoms with Gasteiger partial charge in [-0.1, -0.05) is 0 Å². The quantitative estimate of drug-likeness (QED) is 0.420. The fourth-order valence-electron chi connectivity index (χ4n) is 2.89. The molecule has 1 atom stereocenters. The lowest BCUT2D eigenvalue weighted by atomic mass is 10.2. The zero-order chi connectivity index (χ0) is 17.6. The van der Waals surface area contributed by atoms with Gasteiger partial charge in [-0.2, -0.15) is 0 Å². The minimum Gasteiger partial charge on any atom is -0.366 e. The minimum atomic E-state index is -0.561. The number of thiophene rings is 1. The number of anilines is 1. The van der Waals surface area contributed by atoms with Crippen LogP contribution < -0.4 is 10.8 Å². The van der Waals surface area contributed by atoms with E-state index in [0.717, 1.165) is 37.4 Å². The van der Waals surface area contributed by atoms with Gasteiger partial charge in [-0.25, -0.2) is 10.5 Å². The molecule has 0 saturated carbocycles. The molecular formula is C18H22N4O2S. The fraction of sp³-hybridized carbons (Fsp3) is 0.333. The van der Waals surface area contributed by atoms with Gasteiger partial charge < -0.3 is 5.32 Å². The van der Waals surface area contributed by atoms with Crippen LogP contribution in [0.5, 0.6) is 0 Å². The predicted molar refractivity (Wildman–Crippen MR) is 99.6 cm³/mol. The van der Waals surface area contributed by atoms with Crippen molar-refractivity contribution in [2.24, 2.45) is 0 Å². The first-order valence-electron chi connectivity index (χ1n) is 8.25. The number of nitrogens with one attached hydrogen (secondary N) is 2. The number of hydroxylamine groups is 1. The topological polar surface area (TPSA) is 77.5 Å². The highest BCUT2D eigenvalue weighted by molar-refractivity contribution is 7.11. The monoisotopic (exact) mass is 358 g/mol. The summed E-state index contributed by atoms with van der Waals surface area (Å²) in [6, 6.07) is 8.58. The fourth-order valence-corrected chi connectivity index (χ4v) is 3.83. The molecule has 7 heteroatoms. The number of likely N-dealkylation sites (tertiary alicyclic amines) is 1. The Bertz CT molecular complexity index is 742. The standard InChI is InChI=1S/C18H22N4O2S/c1-13-2-5-16(25-13)12-22-9-8-15(11-22)20-17-6-3-14(10-19-17)4-7-18(23)21-24/h2-7,10,15,24H,8-9,11-12H2,1H3,(H,19,20)(H,21,23)/b7-4+/t15-/m1/s1. The molecule has 0 unspecified atom stereocenters. The Kier molecular flexibility index (Phi) is 5.80. The van der Waals surface area contributed by atoms with E-state index in [9.17, 15) is 4.79 Å². The van der Waals surface area contributed by atoms with Gasteiger partial charge in [0.2, 0.25) is 0 Å². The second kappa shape index (κ2) is 8.24. The summed E-state index contributed by atoms with van der Waals surface area (Å²) in [7, 11) is 0. The maximum Gasteiger partial charge on any atom is 0.267 e. The second-order valence-corrected chi connectivity index (χ2v) is 7.54. The predicted octanol–water partition coefficient (Wildman–Crippen LogP) is 2.66. The molecule has 0 radical (unpaired) electrons. The molecular weight excluding hydrogens is 336 g/mol. The zero-order valence-corrected chi connectivity index (χ0v) is 14.9. The van der Waals surface area contributed by atoms with Crippen LogP contribution in [0.3, 0.4) is 0 Å². The number of amides is 1. The summed E-state index contributed by atoms with van der Waals surface area (Å²) in [5.41, 5.74) is 2.36. The second-order valence-electron chi connectivity index (χ2n) is 6.16. The van der Waals surface area contributed by atoms with E-state index in [1.54, 1.807) is 17.8 Å². The van der Waals surface area contributed by atoms with Gasteiger partial charge >= 0.3 is 0 Å². The van der Waals surface area contributed by atoms with Crippen LogP contribution in [-0.4, -0.2) is 40.1 Å². The van der Waals surface area contributed by atoms with E-state index in [2.05, 4.69) is 34.3 Å². The highest BCUT2D eigenvalue weighted by Gasteiger charge is 2.22. The van der Waals surface area contributed by atoms with Crippen LogP contribution in [0.2, 0.25) is 0 Å². The number of pyridine rings is 1. The third-order valence-corrected chi connectivity index (χ3v) is 5.11. The zero-order valence-electron chi connectivity index (χ0n) is 14.1. The van der Waals surface area contributed by atoms with Crippen LogP contribution in [0, 0.1) is 6.92 Å². The number of carbonyl (C=O) groups is 1. The average molecular weight is 358 g/mol. The molecule has 3 heterocycles. The third-order valence-electron chi connectivity index (χ3n) is 4.12. The molecule has 132 valence electrons. The first kappa shape index (κ1) is 17.6. The summed E-state index contributed by atoms with van der Waals surface area (Å²) >= 11 is 1.86. The number of hydrogen-bond acceptors (Lipinski definition) is 6. The van der Waals surface area contributed by atoms with Gasteiger partial charge in [-0.05, 0) is 49.2 Å². The summed E-state index contributed by atoms with van der Waals surface area (Å²) in [5, 5.41) is 11.9. The normalized spacial score (nSPS) is 17.9. The van der Waals surface area contributed by atoms with Gasteiger partial charge in [0.25, 0.3) is 5.91 Å². The van der Waals surface area contributed by atoms with Gasteiger partial charge in [-0.15, -0.1) is 11.3 Å². The molecule has 1 amide bonds. The van der Waals surface area contributed by atoms with Crippen molar-refractivity contribution in [3.05, 3.63) is 51.9 Å². The Hall–Kier alpha value is -2.22. The van der Waals surface area contributed by atoms with Crippen molar-refractivity contribution < 1.29 is 10.0 Å². The van der Waals surface area contributed by atoms with Crippen molar-refractivity contribution in [2.75, 3.05) is 18.4 Å². The first-order valence-corrected chi connectivity index (χ1v) is 9.06. The smallest absolute Gasteiger partial charge is 0.267 e. The number of nitrogens with zero attached hydrogens (tertiary/aromatic N) is 2. The molecule has 2 aromatic rings. The maximum atomic E-state index is 11.0. The van der Waals surface area contributed by atoms with Crippen LogP contribution in [0.25, 0.3) is 6.08 Å². The van der Waals surface area contributed by atoms with E-state index in [1.807, 2.05) is 23.5 Å². The van der Waals surface area contributed by atoms with E-state index in [-0.39, 0.29) is 0 Å². The van der Waals surface area contributed by atoms with Crippen LogP contribution >= 0.6 is 11.3 Å². The summed E-state index contributed by atoms with van der Waals surface area (Å²) in [6.07, 6.45) is 5.66. The molecule has 25 heavy (non-hydrogen) atoms. The number of aromatic nitrogens is 1. The summed E-state index contributed by atoms with van der Waals surface area (Å²) in [6.45, 7) is 5.26. The molecule has 6 nitrogen and oxygen atoms in total. The summed E-state index contributed by atoms with van der Waals surface area (Å²) < 4.78 is 0. The van der Waals surface area contributed by atoms with E-state index in [0.29, 0.717) is 6.04 Å². The number of aryl methyl sites for hydroxylation is 1. The van der Waals surface area contributed by atoms with Crippen molar-refractivity contribution in [3.8, 4) is 0 Å². The van der Waals surface area contributed by atoms with E-state index in [1.165, 1.54) is 15.8 Å². The van der Waals surface area contributed by atoms with Gasteiger partial charge in [0.1, 0.15) is 5.82 Å². The number of carbonyl (C=O) groups excluding carboxylic acids is 1. The number of rotatable bonds is 6. The van der Waals surface area contributed by atoms with Crippen molar-refractivity contribution in [2.45, 2.75) is 25.9 Å². The SMILES string of the molecule is Cc1ccc(CN2CC[C@@H](Nc3ccc(/C=C/C(=O)NO)cn3)C2)s1. The lowest BCUT2D eigenvalue weighted by molar-refractivity contribution is -0.124. The molecule has 0 spiro atoms. The molecule has 1 aliphatic heterocycles. The molecule has 0 aliphatic carbocycles. The molecule has 2 aromatic heterocycles. The molecule has 0 bridgehead atoms.